The Hall–Kier alpha value is -1.02. The molecule has 1 aromatic rings. The van der Waals surface area contributed by atoms with Gasteiger partial charge in [0.25, 0.3) is 0 Å². The first-order valence-corrected chi connectivity index (χ1v) is 8.28. The van der Waals surface area contributed by atoms with Crippen molar-refractivity contribution in [2.45, 2.75) is 31.5 Å². The van der Waals surface area contributed by atoms with Crippen LogP contribution < -0.4 is 10.0 Å². The molecule has 1 N–H and O–H groups in total. The van der Waals surface area contributed by atoms with Crippen LogP contribution >= 0.6 is 11.3 Å². The summed E-state index contributed by atoms with van der Waals surface area (Å²) in [5, 5.41) is 13.4. The van der Waals surface area contributed by atoms with Crippen LogP contribution in [0, 0.1) is 0 Å². The van der Waals surface area contributed by atoms with Crippen molar-refractivity contribution in [1.29, 1.82) is 0 Å². The molecule has 0 atom stereocenters. The molecule has 21 heavy (non-hydrogen) atoms. The lowest BCUT2D eigenvalue weighted by Crippen LogP contribution is -3.13. The van der Waals surface area contributed by atoms with E-state index in [0.29, 0.717) is 5.69 Å². The van der Waals surface area contributed by atoms with Crippen LogP contribution in [0.3, 0.4) is 0 Å². The minimum atomic E-state index is -1.07. The topological polar surface area (TPSA) is 75.9 Å². The van der Waals surface area contributed by atoms with Gasteiger partial charge >= 0.3 is 0 Å². The van der Waals surface area contributed by atoms with Gasteiger partial charge in [0.1, 0.15) is 0 Å². The van der Waals surface area contributed by atoms with Crippen molar-refractivity contribution in [1.82, 2.24) is 4.98 Å². The SMILES string of the molecule is O=C([O-])Cc1csc(CC[NH+]2CCC3(CC2)OCCO3)n1. The van der Waals surface area contributed by atoms with Gasteiger partial charge in [-0.2, -0.15) is 0 Å². The highest BCUT2D eigenvalue weighted by atomic mass is 32.1. The number of nitrogens with zero attached hydrogens (tertiary/aromatic N) is 1. The summed E-state index contributed by atoms with van der Waals surface area (Å²) < 4.78 is 11.5. The zero-order valence-electron chi connectivity index (χ0n) is 11.9. The van der Waals surface area contributed by atoms with Crippen molar-refractivity contribution in [3.63, 3.8) is 0 Å². The van der Waals surface area contributed by atoms with Gasteiger partial charge in [-0.25, -0.2) is 4.98 Å². The van der Waals surface area contributed by atoms with E-state index in [9.17, 15) is 9.90 Å². The van der Waals surface area contributed by atoms with E-state index in [-0.39, 0.29) is 12.2 Å². The van der Waals surface area contributed by atoms with Crippen LogP contribution in [0.25, 0.3) is 0 Å². The van der Waals surface area contributed by atoms with Crippen LogP contribution in [-0.4, -0.2) is 49.6 Å². The molecule has 2 aliphatic rings. The molecule has 3 rings (SSSR count). The van der Waals surface area contributed by atoms with Crippen LogP contribution in [-0.2, 0) is 27.1 Å². The number of quaternary nitrogens is 1. The van der Waals surface area contributed by atoms with Crippen molar-refractivity contribution < 1.29 is 24.3 Å². The monoisotopic (exact) mass is 312 g/mol. The Morgan fingerprint density at radius 2 is 2.10 bits per heavy atom. The van der Waals surface area contributed by atoms with E-state index in [0.717, 1.165) is 57.1 Å². The molecule has 6 nitrogen and oxygen atoms in total. The predicted octanol–water partition coefficient (Wildman–Crippen LogP) is -1.60. The van der Waals surface area contributed by atoms with Gasteiger partial charge in [-0.1, -0.05) is 0 Å². The van der Waals surface area contributed by atoms with Crippen LogP contribution in [0.15, 0.2) is 5.38 Å². The number of aliphatic carboxylic acids is 1. The number of carboxylic acid groups (broad SMARTS) is 1. The van der Waals surface area contributed by atoms with Crippen molar-refractivity contribution in [2.24, 2.45) is 0 Å². The van der Waals surface area contributed by atoms with Crippen LogP contribution in [0.5, 0.6) is 0 Å². The Bertz CT molecular complexity index is 489. The van der Waals surface area contributed by atoms with Crippen LogP contribution in [0.4, 0.5) is 0 Å². The lowest BCUT2D eigenvalue weighted by Gasteiger charge is -2.35. The number of nitrogens with one attached hydrogen (secondary N) is 1. The summed E-state index contributed by atoms with van der Waals surface area (Å²) in [6.07, 6.45) is 2.71. The molecule has 0 aliphatic carbocycles. The maximum absolute atomic E-state index is 10.5. The van der Waals surface area contributed by atoms with Gasteiger partial charge in [0.05, 0.1) is 56.4 Å². The Labute approximate surface area is 127 Å². The number of carbonyl (C=O) groups excluding carboxylic acids is 1. The second-order valence-electron chi connectivity index (χ2n) is 5.64. The fourth-order valence-corrected chi connectivity index (χ4v) is 3.79. The van der Waals surface area contributed by atoms with Crippen molar-refractivity contribution in [3.8, 4) is 0 Å². The highest BCUT2D eigenvalue weighted by Gasteiger charge is 2.41. The number of ether oxygens (including phenoxy) is 2. The van der Waals surface area contributed by atoms with Gasteiger partial charge in [-0.15, -0.1) is 11.3 Å². The Kier molecular flexibility index (Phi) is 4.54. The first-order chi connectivity index (χ1) is 10.2. The van der Waals surface area contributed by atoms with Gasteiger partial charge in [0, 0.05) is 24.2 Å². The zero-order valence-corrected chi connectivity index (χ0v) is 12.7. The highest BCUT2D eigenvalue weighted by molar-refractivity contribution is 7.09. The van der Waals surface area contributed by atoms with E-state index >= 15 is 0 Å². The van der Waals surface area contributed by atoms with Crippen molar-refractivity contribution in [3.05, 3.63) is 16.1 Å². The summed E-state index contributed by atoms with van der Waals surface area (Å²) in [7, 11) is 0. The normalized spacial score (nSPS) is 21.9. The molecule has 0 unspecified atom stereocenters. The lowest BCUT2D eigenvalue weighted by atomic mass is 10.0. The summed E-state index contributed by atoms with van der Waals surface area (Å²) in [6, 6.07) is 0. The summed E-state index contributed by atoms with van der Waals surface area (Å²) in [5.41, 5.74) is 0.607. The largest absolute Gasteiger partial charge is 0.550 e. The average Bonchev–Trinajstić information content (AvgIpc) is 3.08. The summed E-state index contributed by atoms with van der Waals surface area (Å²) in [6.45, 7) is 4.56. The molecule has 3 heterocycles. The van der Waals surface area contributed by atoms with E-state index in [4.69, 9.17) is 9.47 Å². The molecule has 0 amide bonds. The average molecular weight is 312 g/mol. The first kappa shape index (κ1) is 14.9. The smallest absolute Gasteiger partial charge is 0.179 e. The minimum Gasteiger partial charge on any atom is -0.550 e. The summed E-state index contributed by atoms with van der Waals surface area (Å²) in [4.78, 5) is 16.4. The first-order valence-electron chi connectivity index (χ1n) is 7.40. The fraction of sp³-hybridized carbons (Fsp3) is 0.714. The number of aromatic nitrogens is 1. The maximum atomic E-state index is 10.5. The molecular weight excluding hydrogens is 292 g/mol. The molecule has 0 aromatic carbocycles. The molecule has 0 radical (unpaired) electrons. The molecule has 0 bridgehead atoms. The maximum Gasteiger partial charge on any atom is 0.179 e. The van der Waals surface area contributed by atoms with E-state index in [1.54, 1.807) is 0 Å². The number of piperidine rings is 1. The van der Waals surface area contributed by atoms with Gasteiger partial charge < -0.3 is 24.3 Å². The number of thiazole rings is 1. The van der Waals surface area contributed by atoms with Crippen molar-refractivity contribution in [2.75, 3.05) is 32.8 Å². The van der Waals surface area contributed by atoms with Gasteiger partial charge in [0.15, 0.2) is 5.79 Å². The summed E-state index contributed by atoms with van der Waals surface area (Å²) >= 11 is 1.53. The van der Waals surface area contributed by atoms with Gasteiger partial charge in [0.2, 0.25) is 0 Å². The molecule has 7 heteroatoms. The minimum absolute atomic E-state index is 0.0930. The summed E-state index contributed by atoms with van der Waals surface area (Å²) in [5.74, 6) is -1.37. The van der Waals surface area contributed by atoms with E-state index in [1.807, 2.05) is 5.38 Å². The number of carbonyl (C=O) groups is 1. The Balaban J connectivity index is 1.43. The van der Waals surface area contributed by atoms with Crippen molar-refractivity contribution >= 4 is 17.3 Å². The molecule has 116 valence electrons. The van der Waals surface area contributed by atoms with Crippen LogP contribution in [0.1, 0.15) is 23.5 Å². The molecule has 2 saturated heterocycles. The molecule has 1 aromatic heterocycles. The molecule has 1 spiro atoms. The number of hydrogen-bond acceptors (Lipinski definition) is 6. The van der Waals surface area contributed by atoms with Crippen LogP contribution in [0.2, 0.25) is 0 Å². The second-order valence-corrected chi connectivity index (χ2v) is 6.58. The number of likely N-dealkylation sites (tertiary alicyclic amines) is 1. The fourth-order valence-electron chi connectivity index (χ4n) is 3.00. The predicted molar refractivity (Wildman–Crippen MR) is 74.0 cm³/mol. The van der Waals surface area contributed by atoms with E-state index < -0.39 is 5.97 Å². The number of rotatable bonds is 5. The quantitative estimate of drug-likeness (QED) is 0.709. The Morgan fingerprint density at radius 1 is 1.38 bits per heavy atom. The number of carboxylic acids is 1. The second kappa shape index (κ2) is 6.39. The molecule has 2 fully saturated rings. The van der Waals surface area contributed by atoms with Gasteiger partial charge in [-0.05, 0) is 0 Å². The highest BCUT2D eigenvalue weighted by Crippen LogP contribution is 2.27. The molecular formula is C14H20N2O4S. The molecule has 2 aliphatic heterocycles. The van der Waals surface area contributed by atoms with Gasteiger partial charge in [-0.3, -0.25) is 0 Å². The number of hydrogen-bond donors (Lipinski definition) is 1. The third-order valence-corrected chi connectivity index (χ3v) is 5.11. The Morgan fingerprint density at radius 3 is 2.76 bits per heavy atom. The lowest BCUT2D eigenvalue weighted by molar-refractivity contribution is -0.908. The third kappa shape index (κ3) is 3.79. The zero-order chi connectivity index (χ0) is 14.7. The third-order valence-electron chi connectivity index (χ3n) is 4.15. The molecule has 0 saturated carbocycles. The van der Waals surface area contributed by atoms with E-state index in [1.165, 1.54) is 16.2 Å². The standard InChI is InChI=1S/C14H20N2O4S/c17-13(18)9-11-10-21-12(15-11)1-4-16-5-2-14(3-6-16)19-7-8-20-14/h10H,1-9H2,(H,17,18). The van der Waals surface area contributed by atoms with E-state index in [2.05, 4.69) is 4.98 Å².